The molecule has 0 unspecified atom stereocenters. The van der Waals surface area contributed by atoms with Gasteiger partial charge in [0.1, 0.15) is 5.69 Å². The summed E-state index contributed by atoms with van der Waals surface area (Å²) >= 11 is 0. The fourth-order valence-corrected chi connectivity index (χ4v) is 3.63. The Morgan fingerprint density at radius 1 is 1.23 bits per heavy atom. The van der Waals surface area contributed by atoms with E-state index in [9.17, 15) is 9.18 Å². The van der Waals surface area contributed by atoms with Gasteiger partial charge in [0.05, 0.1) is 5.69 Å². The fraction of sp³-hybridized carbons (Fsp3) is 0.500. The molecule has 1 saturated heterocycles. The van der Waals surface area contributed by atoms with Crippen molar-refractivity contribution in [3.8, 4) is 5.69 Å². The molecule has 2 amide bonds. The van der Waals surface area contributed by atoms with Gasteiger partial charge in [0.2, 0.25) is 0 Å². The second kappa shape index (κ2) is 7.48. The Bertz CT molecular complexity index is 801. The van der Waals surface area contributed by atoms with Gasteiger partial charge in [0.25, 0.3) is 0 Å². The largest absolute Gasteiger partial charge is 0.322 e. The third-order valence-electron chi connectivity index (χ3n) is 5.06. The maximum atomic E-state index is 14.6. The lowest BCUT2D eigenvalue weighted by Crippen LogP contribution is -2.42. The number of urea groups is 1. The number of aromatic nitrogens is 2. The van der Waals surface area contributed by atoms with E-state index in [0.717, 1.165) is 37.2 Å². The van der Waals surface area contributed by atoms with Gasteiger partial charge in [-0.1, -0.05) is 13.3 Å². The summed E-state index contributed by atoms with van der Waals surface area (Å²) in [5, 5.41) is 7.16. The number of halogens is 1. The average molecular weight is 358 g/mol. The number of carbonyl (C=O) groups excluding carboxylic acids is 1. The second-order valence-electron chi connectivity index (χ2n) is 7.47. The number of hydrogen-bond donors (Lipinski definition) is 1. The highest BCUT2D eigenvalue weighted by molar-refractivity contribution is 5.89. The molecule has 1 aliphatic heterocycles. The molecule has 5 nitrogen and oxygen atoms in total. The zero-order valence-corrected chi connectivity index (χ0v) is 15.9. The molecule has 2 heterocycles. The standard InChI is InChI=1S/C20H27FN4O/c1-13-6-5-7-15(3)24(12-13)20(26)22-17-8-9-19(18(21)11-17)25-16(4)10-14(2)23-25/h8-11,13,15H,5-7,12H2,1-4H3,(H,22,26)/t13-,15+/m0/s1. The Hall–Kier alpha value is -2.37. The summed E-state index contributed by atoms with van der Waals surface area (Å²) < 4.78 is 16.2. The summed E-state index contributed by atoms with van der Waals surface area (Å²) in [6.45, 7) is 8.74. The van der Waals surface area contributed by atoms with Crippen molar-refractivity contribution in [1.82, 2.24) is 14.7 Å². The molecule has 0 radical (unpaired) electrons. The SMILES string of the molecule is Cc1cc(C)n(-c2ccc(NC(=O)N3C[C@@H](C)CCC[C@H]3C)cc2F)n1. The summed E-state index contributed by atoms with van der Waals surface area (Å²) in [7, 11) is 0. The first-order chi connectivity index (χ1) is 12.3. The summed E-state index contributed by atoms with van der Waals surface area (Å²) in [5.74, 6) is 0.0714. The molecule has 0 aliphatic carbocycles. The Balaban J connectivity index is 1.77. The van der Waals surface area contributed by atoms with E-state index in [1.165, 1.54) is 6.07 Å². The van der Waals surface area contributed by atoms with Crippen LogP contribution in [0.4, 0.5) is 14.9 Å². The number of nitrogens with zero attached hydrogens (tertiary/aromatic N) is 3. The van der Waals surface area contributed by atoms with Gasteiger partial charge >= 0.3 is 6.03 Å². The molecule has 6 heteroatoms. The number of likely N-dealkylation sites (tertiary alicyclic amines) is 1. The Labute approximate surface area is 154 Å². The molecule has 0 spiro atoms. The van der Waals surface area contributed by atoms with E-state index in [2.05, 4.69) is 24.3 Å². The van der Waals surface area contributed by atoms with E-state index in [1.807, 2.05) is 24.8 Å². The van der Waals surface area contributed by atoms with Crippen molar-refractivity contribution in [1.29, 1.82) is 0 Å². The molecule has 2 aromatic rings. The number of amides is 2. The smallest absolute Gasteiger partial charge is 0.322 e. The molecule has 1 N–H and O–H groups in total. The van der Waals surface area contributed by atoms with Gasteiger partial charge in [-0.2, -0.15) is 5.10 Å². The second-order valence-corrected chi connectivity index (χ2v) is 7.47. The minimum absolute atomic E-state index is 0.162. The first-order valence-electron chi connectivity index (χ1n) is 9.26. The van der Waals surface area contributed by atoms with E-state index in [-0.39, 0.29) is 12.1 Å². The maximum Gasteiger partial charge on any atom is 0.322 e. The normalized spacial score (nSPS) is 20.7. The van der Waals surface area contributed by atoms with Gasteiger partial charge in [-0.25, -0.2) is 13.9 Å². The van der Waals surface area contributed by atoms with Crippen LogP contribution in [0.2, 0.25) is 0 Å². The molecular formula is C20H27FN4O. The van der Waals surface area contributed by atoms with Gasteiger partial charge in [-0.15, -0.1) is 0 Å². The van der Waals surface area contributed by atoms with Gasteiger partial charge < -0.3 is 10.2 Å². The zero-order valence-electron chi connectivity index (χ0n) is 15.9. The predicted octanol–water partition coefficient (Wildman–Crippen LogP) is 4.67. The van der Waals surface area contributed by atoms with Gasteiger partial charge in [-0.05, 0) is 63.8 Å². The van der Waals surface area contributed by atoms with Crippen molar-refractivity contribution in [2.24, 2.45) is 5.92 Å². The van der Waals surface area contributed by atoms with E-state index < -0.39 is 5.82 Å². The van der Waals surface area contributed by atoms with E-state index in [0.29, 0.717) is 17.3 Å². The molecule has 1 aromatic carbocycles. The van der Waals surface area contributed by atoms with E-state index in [4.69, 9.17) is 0 Å². The molecule has 1 aliphatic rings. The molecular weight excluding hydrogens is 331 g/mol. The predicted molar refractivity (Wildman–Crippen MR) is 101 cm³/mol. The van der Waals surface area contributed by atoms with Crippen molar-refractivity contribution in [2.45, 2.75) is 53.0 Å². The minimum Gasteiger partial charge on any atom is -0.322 e. The van der Waals surface area contributed by atoms with Crippen molar-refractivity contribution >= 4 is 11.7 Å². The summed E-state index contributed by atoms with van der Waals surface area (Å²) in [5.41, 5.74) is 2.54. The zero-order chi connectivity index (χ0) is 18.8. The van der Waals surface area contributed by atoms with Gasteiger partial charge in [0.15, 0.2) is 5.82 Å². The topological polar surface area (TPSA) is 50.2 Å². The lowest BCUT2D eigenvalue weighted by Gasteiger charge is -2.28. The lowest BCUT2D eigenvalue weighted by atomic mass is 10.1. The monoisotopic (exact) mass is 358 g/mol. The third kappa shape index (κ3) is 3.89. The summed E-state index contributed by atoms with van der Waals surface area (Å²) in [6.07, 6.45) is 3.28. The van der Waals surface area contributed by atoms with Crippen LogP contribution in [0, 0.1) is 25.6 Å². The third-order valence-corrected chi connectivity index (χ3v) is 5.06. The summed E-state index contributed by atoms with van der Waals surface area (Å²) in [6, 6.07) is 6.66. The van der Waals surface area contributed by atoms with Gasteiger partial charge in [0, 0.05) is 24.0 Å². The molecule has 2 atom stereocenters. The first-order valence-corrected chi connectivity index (χ1v) is 9.26. The highest BCUT2D eigenvalue weighted by atomic mass is 19.1. The number of benzene rings is 1. The Kier molecular flexibility index (Phi) is 5.30. The average Bonchev–Trinajstić information content (AvgIpc) is 2.80. The van der Waals surface area contributed by atoms with Gasteiger partial charge in [-0.3, -0.25) is 0 Å². The van der Waals surface area contributed by atoms with Crippen LogP contribution in [0.25, 0.3) is 5.69 Å². The summed E-state index contributed by atoms with van der Waals surface area (Å²) in [4.78, 5) is 14.5. The molecule has 3 rings (SSSR count). The van der Waals surface area contributed by atoms with Crippen molar-refractivity contribution in [3.63, 3.8) is 0 Å². The van der Waals surface area contributed by atoms with E-state index in [1.54, 1.807) is 16.8 Å². The molecule has 1 fully saturated rings. The van der Waals surface area contributed by atoms with E-state index >= 15 is 0 Å². The molecule has 140 valence electrons. The maximum absolute atomic E-state index is 14.6. The Morgan fingerprint density at radius 3 is 2.65 bits per heavy atom. The number of nitrogens with one attached hydrogen (secondary N) is 1. The van der Waals surface area contributed by atoms with Crippen LogP contribution >= 0.6 is 0 Å². The van der Waals surface area contributed by atoms with Crippen LogP contribution in [-0.2, 0) is 0 Å². The Morgan fingerprint density at radius 2 is 2.00 bits per heavy atom. The number of hydrogen-bond acceptors (Lipinski definition) is 2. The highest BCUT2D eigenvalue weighted by Gasteiger charge is 2.25. The molecule has 26 heavy (non-hydrogen) atoms. The van der Waals surface area contributed by atoms with Crippen LogP contribution in [0.15, 0.2) is 24.3 Å². The van der Waals surface area contributed by atoms with Crippen molar-refractivity contribution in [3.05, 3.63) is 41.5 Å². The first kappa shape index (κ1) is 18.4. The van der Waals surface area contributed by atoms with Crippen LogP contribution < -0.4 is 5.32 Å². The molecule has 1 aromatic heterocycles. The number of carbonyl (C=O) groups is 1. The minimum atomic E-state index is -0.411. The lowest BCUT2D eigenvalue weighted by molar-refractivity contribution is 0.187. The number of rotatable bonds is 2. The van der Waals surface area contributed by atoms with Crippen LogP contribution in [0.1, 0.15) is 44.5 Å². The molecule has 0 saturated carbocycles. The van der Waals surface area contributed by atoms with Crippen LogP contribution in [0.5, 0.6) is 0 Å². The fourth-order valence-electron chi connectivity index (χ4n) is 3.63. The van der Waals surface area contributed by atoms with Crippen molar-refractivity contribution < 1.29 is 9.18 Å². The number of aryl methyl sites for hydroxylation is 2. The highest BCUT2D eigenvalue weighted by Crippen LogP contribution is 2.23. The quantitative estimate of drug-likeness (QED) is 0.848. The van der Waals surface area contributed by atoms with Crippen LogP contribution in [0.3, 0.4) is 0 Å². The van der Waals surface area contributed by atoms with Crippen molar-refractivity contribution in [2.75, 3.05) is 11.9 Å². The molecule has 0 bridgehead atoms. The number of anilines is 1. The van der Waals surface area contributed by atoms with Crippen LogP contribution in [-0.4, -0.2) is 33.3 Å².